The Kier molecular flexibility index (Phi) is 2.58. The van der Waals surface area contributed by atoms with E-state index in [0.29, 0.717) is 18.1 Å². The molecule has 2 saturated heterocycles. The number of hydrogen-bond acceptors (Lipinski definition) is 3. The van der Waals surface area contributed by atoms with Crippen LogP contribution in [0.1, 0.15) is 13.8 Å². The Balaban J connectivity index is 2.10. The zero-order chi connectivity index (χ0) is 9.42. The molecule has 0 aromatic rings. The largest absolute Gasteiger partial charge is 0.378 e. The predicted molar refractivity (Wildman–Crippen MR) is 52.9 cm³/mol. The molecule has 0 N–H and O–H groups in total. The van der Waals surface area contributed by atoms with Gasteiger partial charge in [0, 0.05) is 31.2 Å². The van der Waals surface area contributed by atoms with Gasteiger partial charge in [-0.05, 0) is 20.9 Å². The van der Waals surface area contributed by atoms with Crippen LogP contribution < -0.4 is 0 Å². The van der Waals surface area contributed by atoms with Crippen LogP contribution in [-0.4, -0.2) is 61.3 Å². The summed E-state index contributed by atoms with van der Waals surface area (Å²) >= 11 is 0. The molecule has 2 aliphatic heterocycles. The number of piperazine rings is 1. The molecular formula is C10H20N2O. The Morgan fingerprint density at radius 1 is 1.15 bits per heavy atom. The maximum Gasteiger partial charge on any atom is 0.0635 e. The van der Waals surface area contributed by atoms with Gasteiger partial charge in [0.05, 0.1) is 13.2 Å². The molecule has 2 atom stereocenters. The van der Waals surface area contributed by atoms with E-state index in [4.69, 9.17) is 4.74 Å². The Morgan fingerprint density at radius 3 is 2.15 bits per heavy atom. The summed E-state index contributed by atoms with van der Waals surface area (Å²) in [5, 5.41) is 0. The fourth-order valence-corrected chi connectivity index (χ4v) is 2.74. The van der Waals surface area contributed by atoms with Crippen molar-refractivity contribution >= 4 is 0 Å². The number of fused-ring (bicyclic) bond motifs is 2. The second kappa shape index (κ2) is 3.56. The van der Waals surface area contributed by atoms with E-state index in [0.717, 1.165) is 26.3 Å². The lowest BCUT2D eigenvalue weighted by atomic mass is 10.0. The summed E-state index contributed by atoms with van der Waals surface area (Å²) in [6.45, 7) is 8.73. The fourth-order valence-electron chi connectivity index (χ4n) is 2.74. The number of hydrogen-bond donors (Lipinski definition) is 0. The maximum absolute atomic E-state index is 5.60. The van der Waals surface area contributed by atoms with Crippen molar-refractivity contribution in [2.75, 3.05) is 33.4 Å². The molecule has 0 spiro atoms. The van der Waals surface area contributed by atoms with Crippen LogP contribution in [0.25, 0.3) is 0 Å². The van der Waals surface area contributed by atoms with Crippen LogP contribution in [0.4, 0.5) is 0 Å². The molecular weight excluding hydrogens is 164 g/mol. The Bertz CT molecular complexity index is 170. The van der Waals surface area contributed by atoms with Crippen molar-refractivity contribution in [1.82, 2.24) is 9.80 Å². The van der Waals surface area contributed by atoms with Crippen molar-refractivity contribution in [2.24, 2.45) is 0 Å². The van der Waals surface area contributed by atoms with E-state index >= 15 is 0 Å². The fraction of sp³-hybridized carbons (Fsp3) is 1.00. The minimum atomic E-state index is 0.623. The third kappa shape index (κ3) is 1.73. The smallest absolute Gasteiger partial charge is 0.0635 e. The first kappa shape index (κ1) is 9.44. The van der Waals surface area contributed by atoms with Crippen molar-refractivity contribution in [3.8, 4) is 0 Å². The monoisotopic (exact) mass is 184 g/mol. The van der Waals surface area contributed by atoms with Gasteiger partial charge in [-0.25, -0.2) is 0 Å². The highest BCUT2D eigenvalue weighted by molar-refractivity contribution is 4.92. The number of likely N-dealkylation sites (N-methyl/N-ethyl adjacent to an activating group) is 1. The van der Waals surface area contributed by atoms with Crippen LogP contribution in [0.3, 0.4) is 0 Å². The number of morpholine rings is 1. The third-order valence-electron chi connectivity index (χ3n) is 3.10. The van der Waals surface area contributed by atoms with Gasteiger partial charge in [-0.3, -0.25) is 4.90 Å². The highest BCUT2D eigenvalue weighted by Gasteiger charge is 2.37. The van der Waals surface area contributed by atoms with Gasteiger partial charge in [0.15, 0.2) is 0 Å². The Morgan fingerprint density at radius 2 is 1.69 bits per heavy atom. The lowest BCUT2D eigenvalue weighted by Gasteiger charge is -2.50. The highest BCUT2D eigenvalue weighted by atomic mass is 16.5. The van der Waals surface area contributed by atoms with Gasteiger partial charge in [-0.2, -0.15) is 0 Å². The topological polar surface area (TPSA) is 15.7 Å². The summed E-state index contributed by atoms with van der Waals surface area (Å²) in [4.78, 5) is 5.06. The molecule has 0 aliphatic carbocycles. The van der Waals surface area contributed by atoms with Crippen molar-refractivity contribution in [2.45, 2.75) is 32.0 Å². The van der Waals surface area contributed by atoms with E-state index in [1.165, 1.54) is 0 Å². The lowest BCUT2D eigenvalue weighted by molar-refractivity contribution is -0.105. The average Bonchev–Trinajstić information content (AvgIpc) is 2.01. The summed E-state index contributed by atoms with van der Waals surface area (Å²) in [5.41, 5.74) is 0. The number of rotatable bonds is 1. The minimum Gasteiger partial charge on any atom is -0.378 e. The lowest BCUT2D eigenvalue weighted by Crippen LogP contribution is -2.65. The molecule has 2 aliphatic rings. The summed E-state index contributed by atoms with van der Waals surface area (Å²) in [7, 11) is 2.21. The van der Waals surface area contributed by atoms with Crippen LogP contribution >= 0.6 is 0 Å². The predicted octanol–water partition coefficient (Wildman–Crippen LogP) is 0.410. The zero-order valence-corrected chi connectivity index (χ0v) is 8.86. The molecule has 0 aromatic heterocycles. The molecule has 0 amide bonds. The van der Waals surface area contributed by atoms with Crippen LogP contribution in [0.15, 0.2) is 0 Å². The van der Waals surface area contributed by atoms with Crippen molar-refractivity contribution in [1.29, 1.82) is 0 Å². The first-order valence-corrected chi connectivity index (χ1v) is 5.22. The van der Waals surface area contributed by atoms with E-state index in [1.54, 1.807) is 0 Å². The molecule has 2 fully saturated rings. The van der Waals surface area contributed by atoms with Gasteiger partial charge < -0.3 is 9.64 Å². The molecule has 0 radical (unpaired) electrons. The Labute approximate surface area is 80.6 Å². The zero-order valence-electron chi connectivity index (χ0n) is 8.86. The van der Waals surface area contributed by atoms with E-state index in [9.17, 15) is 0 Å². The molecule has 2 heterocycles. The summed E-state index contributed by atoms with van der Waals surface area (Å²) in [6.07, 6.45) is 0. The molecule has 76 valence electrons. The first-order chi connectivity index (χ1) is 6.18. The summed E-state index contributed by atoms with van der Waals surface area (Å²) in [6, 6.07) is 1.91. The molecule has 2 bridgehead atoms. The van der Waals surface area contributed by atoms with Gasteiger partial charge >= 0.3 is 0 Å². The van der Waals surface area contributed by atoms with Gasteiger partial charge in [0.2, 0.25) is 0 Å². The van der Waals surface area contributed by atoms with E-state index in [1.807, 2.05) is 0 Å². The SMILES string of the molecule is CC(C)N1C2COCC1CN(C)C2. The third-order valence-corrected chi connectivity index (χ3v) is 3.10. The molecule has 3 nitrogen and oxygen atoms in total. The molecule has 2 unspecified atom stereocenters. The van der Waals surface area contributed by atoms with Crippen molar-refractivity contribution in [3.63, 3.8) is 0 Å². The van der Waals surface area contributed by atoms with Gasteiger partial charge in [-0.1, -0.05) is 0 Å². The highest BCUT2D eigenvalue weighted by Crippen LogP contribution is 2.22. The molecule has 3 heteroatoms. The number of nitrogens with zero attached hydrogens (tertiary/aromatic N) is 2. The van der Waals surface area contributed by atoms with Gasteiger partial charge in [0.25, 0.3) is 0 Å². The summed E-state index contributed by atoms with van der Waals surface area (Å²) < 4.78 is 5.60. The second-order valence-electron chi connectivity index (χ2n) is 4.61. The summed E-state index contributed by atoms with van der Waals surface area (Å²) in [5.74, 6) is 0. The van der Waals surface area contributed by atoms with Crippen LogP contribution in [0, 0.1) is 0 Å². The van der Waals surface area contributed by atoms with Gasteiger partial charge in [-0.15, -0.1) is 0 Å². The van der Waals surface area contributed by atoms with Crippen molar-refractivity contribution in [3.05, 3.63) is 0 Å². The van der Waals surface area contributed by atoms with Crippen LogP contribution in [0.2, 0.25) is 0 Å². The van der Waals surface area contributed by atoms with Crippen molar-refractivity contribution < 1.29 is 4.74 Å². The standard InChI is InChI=1S/C10H20N2O/c1-8(2)12-9-4-11(3)5-10(12)7-13-6-9/h8-10H,4-7H2,1-3H3. The van der Waals surface area contributed by atoms with E-state index in [2.05, 4.69) is 30.7 Å². The van der Waals surface area contributed by atoms with Gasteiger partial charge in [0.1, 0.15) is 0 Å². The molecule has 0 aromatic carbocycles. The molecule has 13 heavy (non-hydrogen) atoms. The molecule has 0 saturated carbocycles. The van der Waals surface area contributed by atoms with Crippen LogP contribution in [0.5, 0.6) is 0 Å². The molecule has 2 rings (SSSR count). The van der Waals surface area contributed by atoms with E-state index in [-0.39, 0.29) is 0 Å². The quantitative estimate of drug-likeness (QED) is 0.587. The second-order valence-corrected chi connectivity index (χ2v) is 4.61. The normalized spacial score (nSPS) is 36.9. The average molecular weight is 184 g/mol. The minimum absolute atomic E-state index is 0.623. The number of ether oxygens (including phenoxy) is 1. The first-order valence-electron chi connectivity index (χ1n) is 5.22. The van der Waals surface area contributed by atoms with E-state index < -0.39 is 0 Å². The maximum atomic E-state index is 5.60. The van der Waals surface area contributed by atoms with Crippen LogP contribution in [-0.2, 0) is 4.74 Å². The Hall–Kier alpha value is -0.120.